The Kier molecular flexibility index (Phi) is 5.62. The molecule has 0 fully saturated rings. The maximum absolute atomic E-state index is 6.21. The van der Waals surface area contributed by atoms with Crippen LogP contribution in [0, 0.1) is 0 Å². The van der Waals surface area contributed by atoms with Crippen LogP contribution in [0.5, 0.6) is 11.5 Å². The zero-order chi connectivity index (χ0) is 15.4. The van der Waals surface area contributed by atoms with Gasteiger partial charge in [-0.05, 0) is 17.7 Å². The zero-order valence-electron chi connectivity index (χ0n) is 11.5. The van der Waals surface area contributed by atoms with Gasteiger partial charge in [-0.1, -0.05) is 45.2 Å². The molecule has 0 atom stereocenters. The van der Waals surface area contributed by atoms with Gasteiger partial charge in [0.2, 0.25) is 0 Å². The topological polar surface area (TPSA) is 30.5 Å². The molecule has 0 saturated carbocycles. The molecule has 1 N–H and O–H groups in total. The van der Waals surface area contributed by atoms with Crippen LogP contribution < -0.4 is 14.8 Å². The highest BCUT2D eigenvalue weighted by atomic mass is 79.9. The lowest BCUT2D eigenvalue weighted by atomic mass is 10.2. The molecule has 0 radical (unpaired) electrons. The van der Waals surface area contributed by atoms with Crippen molar-refractivity contribution < 1.29 is 9.47 Å². The maximum Gasteiger partial charge on any atom is 0.143 e. The first-order chi connectivity index (χ1) is 10.0. The Bertz CT molecular complexity index is 650. The van der Waals surface area contributed by atoms with Crippen LogP contribution in [0.4, 0.5) is 5.69 Å². The molecule has 2 aromatic carbocycles. The standard InChI is InChI=1S/C15H14BrCl2NO2/c1-20-14-7-13(15(21-2)6-12(14)18)19-8-9-3-4-10(16)5-11(9)17/h3-7,19H,8H2,1-2H3. The van der Waals surface area contributed by atoms with Crippen LogP contribution in [0.15, 0.2) is 34.8 Å². The van der Waals surface area contributed by atoms with Gasteiger partial charge in [0.1, 0.15) is 11.5 Å². The normalized spacial score (nSPS) is 10.3. The van der Waals surface area contributed by atoms with Crippen molar-refractivity contribution in [2.45, 2.75) is 6.54 Å². The van der Waals surface area contributed by atoms with Gasteiger partial charge in [-0.15, -0.1) is 0 Å². The summed E-state index contributed by atoms with van der Waals surface area (Å²) in [4.78, 5) is 0. The Labute approximate surface area is 142 Å². The van der Waals surface area contributed by atoms with Crippen LogP contribution >= 0.6 is 39.1 Å². The molecule has 112 valence electrons. The van der Waals surface area contributed by atoms with Gasteiger partial charge in [-0.2, -0.15) is 0 Å². The number of methoxy groups -OCH3 is 2. The smallest absolute Gasteiger partial charge is 0.143 e. The number of hydrogen-bond donors (Lipinski definition) is 1. The van der Waals surface area contributed by atoms with E-state index in [4.69, 9.17) is 32.7 Å². The summed E-state index contributed by atoms with van der Waals surface area (Å²) in [5.41, 5.74) is 1.77. The van der Waals surface area contributed by atoms with E-state index >= 15 is 0 Å². The first kappa shape index (κ1) is 16.3. The largest absolute Gasteiger partial charge is 0.495 e. The predicted molar refractivity (Wildman–Crippen MR) is 91.0 cm³/mol. The summed E-state index contributed by atoms with van der Waals surface area (Å²) in [6.45, 7) is 0.563. The van der Waals surface area contributed by atoms with Gasteiger partial charge < -0.3 is 14.8 Å². The van der Waals surface area contributed by atoms with Crippen molar-refractivity contribution in [3.63, 3.8) is 0 Å². The fourth-order valence-electron chi connectivity index (χ4n) is 1.85. The minimum absolute atomic E-state index is 0.501. The van der Waals surface area contributed by atoms with Gasteiger partial charge in [0.05, 0.1) is 24.9 Å². The molecule has 0 bridgehead atoms. The van der Waals surface area contributed by atoms with Crippen LogP contribution in [0.1, 0.15) is 5.56 Å². The van der Waals surface area contributed by atoms with Crippen molar-refractivity contribution in [3.05, 3.63) is 50.4 Å². The van der Waals surface area contributed by atoms with Crippen molar-refractivity contribution >= 4 is 44.8 Å². The number of hydrogen-bond acceptors (Lipinski definition) is 3. The second-order valence-corrected chi connectivity index (χ2v) is 6.01. The van der Waals surface area contributed by atoms with E-state index in [0.29, 0.717) is 28.1 Å². The van der Waals surface area contributed by atoms with Gasteiger partial charge in [-0.25, -0.2) is 0 Å². The monoisotopic (exact) mass is 389 g/mol. The number of ether oxygens (including phenoxy) is 2. The minimum Gasteiger partial charge on any atom is -0.495 e. The van der Waals surface area contributed by atoms with E-state index in [9.17, 15) is 0 Å². The molecule has 0 aliphatic rings. The summed E-state index contributed by atoms with van der Waals surface area (Å²) in [5.74, 6) is 1.23. The Hall–Kier alpha value is -1.10. The number of halogens is 3. The highest BCUT2D eigenvalue weighted by Crippen LogP contribution is 2.36. The molecule has 3 nitrogen and oxygen atoms in total. The Balaban J connectivity index is 2.22. The SMILES string of the molecule is COc1cc(NCc2ccc(Br)cc2Cl)c(OC)cc1Cl. The van der Waals surface area contributed by atoms with E-state index < -0.39 is 0 Å². The Morgan fingerprint density at radius 2 is 1.71 bits per heavy atom. The van der Waals surface area contributed by atoms with Gasteiger partial charge in [0.25, 0.3) is 0 Å². The van der Waals surface area contributed by atoms with E-state index in [0.717, 1.165) is 15.7 Å². The molecule has 0 aliphatic carbocycles. The number of benzene rings is 2. The molecule has 2 aromatic rings. The second kappa shape index (κ2) is 7.25. The van der Waals surface area contributed by atoms with Crippen molar-refractivity contribution in [2.75, 3.05) is 19.5 Å². The third-order valence-electron chi connectivity index (χ3n) is 2.96. The number of anilines is 1. The molecule has 0 heterocycles. The fraction of sp³-hybridized carbons (Fsp3) is 0.200. The first-order valence-electron chi connectivity index (χ1n) is 6.14. The van der Waals surface area contributed by atoms with E-state index in [2.05, 4.69) is 21.2 Å². The van der Waals surface area contributed by atoms with Crippen LogP contribution in [0.2, 0.25) is 10.0 Å². The zero-order valence-corrected chi connectivity index (χ0v) is 14.6. The lowest BCUT2D eigenvalue weighted by molar-refractivity contribution is 0.404. The number of rotatable bonds is 5. The van der Waals surface area contributed by atoms with Crippen molar-refractivity contribution in [2.24, 2.45) is 0 Å². The van der Waals surface area contributed by atoms with Crippen LogP contribution in [0.25, 0.3) is 0 Å². The fourth-order valence-corrected chi connectivity index (χ4v) is 2.83. The molecular formula is C15H14BrCl2NO2. The lowest BCUT2D eigenvalue weighted by Gasteiger charge is -2.14. The molecule has 0 unspecified atom stereocenters. The molecule has 21 heavy (non-hydrogen) atoms. The molecule has 0 saturated heterocycles. The van der Waals surface area contributed by atoms with Gasteiger partial charge in [0.15, 0.2) is 0 Å². The maximum atomic E-state index is 6.21. The van der Waals surface area contributed by atoms with E-state index in [1.807, 2.05) is 18.2 Å². The van der Waals surface area contributed by atoms with Crippen LogP contribution in [-0.2, 0) is 6.54 Å². The van der Waals surface area contributed by atoms with Crippen molar-refractivity contribution in [1.82, 2.24) is 0 Å². The highest BCUT2D eigenvalue weighted by molar-refractivity contribution is 9.10. The molecule has 6 heteroatoms. The molecule has 0 amide bonds. The molecule has 2 rings (SSSR count). The van der Waals surface area contributed by atoms with E-state index in [1.54, 1.807) is 26.4 Å². The Morgan fingerprint density at radius 3 is 2.33 bits per heavy atom. The predicted octanol–water partition coefficient (Wildman–Crippen LogP) is 5.39. The Morgan fingerprint density at radius 1 is 1.00 bits per heavy atom. The van der Waals surface area contributed by atoms with Crippen molar-refractivity contribution in [3.8, 4) is 11.5 Å². The van der Waals surface area contributed by atoms with Gasteiger partial charge >= 0.3 is 0 Å². The second-order valence-electron chi connectivity index (χ2n) is 4.28. The average Bonchev–Trinajstić information content (AvgIpc) is 2.47. The summed E-state index contributed by atoms with van der Waals surface area (Å²) in [6, 6.07) is 9.28. The van der Waals surface area contributed by atoms with Crippen LogP contribution in [0.3, 0.4) is 0 Å². The first-order valence-corrected chi connectivity index (χ1v) is 7.69. The lowest BCUT2D eigenvalue weighted by Crippen LogP contribution is -2.02. The average molecular weight is 391 g/mol. The molecule has 0 spiro atoms. The summed E-state index contributed by atoms with van der Waals surface area (Å²) in [7, 11) is 3.17. The highest BCUT2D eigenvalue weighted by Gasteiger charge is 2.10. The van der Waals surface area contributed by atoms with E-state index in [-0.39, 0.29) is 0 Å². The van der Waals surface area contributed by atoms with Crippen molar-refractivity contribution in [1.29, 1.82) is 0 Å². The van der Waals surface area contributed by atoms with E-state index in [1.165, 1.54) is 0 Å². The summed E-state index contributed by atoms with van der Waals surface area (Å²) in [5, 5.41) is 4.47. The molecular weight excluding hydrogens is 377 g/mol. The quantitative estimate of drug-likeness (QED) is 0.742. The van der Waals surface area contributed by atoms with Crippen LogP contribution in [-0.4, -0.2) is 14.2 Å². The summed E-state index contributed by atoms with van der Waals surface area (Å²) < 4.78 is 11.5. The number of nitrogens with one attached hydrogen (secondary N) is 1. The minimum atomic E-state index is 0.501. The van der Waals surface area contributed by atoms with Gasteiger partial charge in [-0.3, -0.25) is 0 Å². The third-order valence-corrected chi connectivity index (χ3v) is 4.10. The molecule has 0 aliphatic heterocycles. The molecule has 0 aromatic heterocycles. The summed E-state index contributed by atoms with van der Waals surface area (Å²) >= 11 is 15.7. The van der Waals surface area contributed by atoms with Gasteiger partial charge in [0, 0.05) is 28.2 Å². The summed E-state index contributed by atoms with van der Waals surface area (Å²) in [6.07, 6.45) is 0. The third kappa shape index (κ3) is 3.96.